The smallest absolute Gasteiger partial charge is 0.311 e. The van der Waals surface area contributed by atoms with Gasteiger partial charge in [-0.2, -0.15) is 0 Å². The van der Waals surface area contributed by atoms with Crippen LogP contribution in [-0.4, -0.2) is 52.4 Å². The zero-order valence-corrected chi connectivity index (χ0v) is 10.0. The third-order valence-electron chi connectivity index (χ3n) is 1.74. The quantitative estimate of drug-likeness (QED) is 0.365. The molecule has 0 fully saturated rings. The zero-order valence-electron chi connectivity index (χ0n) is 10.0. The third-order valence-corrected chi connectivity index (χ3v) is 1.74. The molecule has 0 aromatic heterocycles. The van der Waals surface area contributed by atoms with Crippen LogP contribution in [0.3, 0.4) is 0 Å². The van der Waals surface area contributed by atoms with Gasteiger partial charge in [-0.25, -0.2) is 0 Å². The molecule has 0 saturated carbocycles. The van der Waals surface area contributed by atoms with Crippen molar-refractivity contribution in [2.75, 3.05) is 20.0 Å². The van der Waals surface area contributed by atoms with Gasteiger partial charge in [-0.05, 0) is 20.3 Å². The minimum Gasteiger partial charge on any atom is -0.481 e. The number of aliphatic hydroxyl groups excluding tert-OH is 3. The molecular weight excluding hydrogens is 232 g/mol. The highest BCUT2D eigenvalue weighted by molar-refractivity contribution is 5.73. The Labute approximate surface area is 99.6 Å². The number of esters is 1. The number of rotatable bonds is 6. The van der Waals surface area contributed by atoms with Crippen molar-refractivity contribution in [1.82, 2.24) is 0 Å². The molecule has 102 valence electrons. The van der Waals surface area contributed by atoms with Crippen LogP contribution in [-0.2, 0) is 14.3 Å². The highest BCUT2D eigenvalue weighted by Crippen LogP contribution is 2.12. The van der Waals surface area contributed by atoms with E-state index in [4.69, 9.17) is 20.4 Å². The minimum atomic E-state index is -0.986. The maximum Gasteiger partial charge on any atom is 0.311 e. The highest BCUT2D eigenvalue weighted by atomic mass is 16.6. The summed E-state index contributed by atoms with van der Waals surface area (Å²) in [5, 5.41) is 32.9. The van der Waals surface area contributed by atoms with Gasteiger partial charge in [0, 0.05) is 13.0 Å². The molecule has 4 N–H and O–H groups in total. The molecule has 0 bridgehead atoms. The number of carboxylic acid groups (broad SMARTS) is 1. The second-order valence-corrected chi connectivity index (χ2v) is 3.82. The predicted octanol–water partition coefficient (Wildman–Crippen LogP) is -0.659. The van der Waals surface area contributed by atoms with E-state index in [-0.39, 0.29) is 19.6 Å². The summed E-state index contributed by atoms with van der Waals surface area (Å²) >= 11 is 0. The molecule has 7 nitrogen and oxygen atoms in total. The summed E-state index contributed by atoms with van der Waals surface area (Å²) < 4.78 is 4.15. The molecule has 0 unspecified atom stereocenters. The van der Waals surface area contributed by atoms with E-state index in [9.17, 15) is 9.59 Å². The number of aliphatic carboxylic acids is 1. The van der Waals surface area contributed by atoms with Gasteiger partial charge in [0.05, 0.1) is 12.0 Å². The average Bonchev–Trinajstić information content (AvgIpc) is 2.27. The van der Waals surface area contributed by atoms with Crippen LogP contribution in [0.5, 0.6) is 0 Å². The molecule has 7 heteroatoms. The van der Waals surface area contributed by atoms with Crippen molar-refractivity contribution in [1.29, 1.82) is 0 Å². The Morgan fingerprint density at radius 1 is 1.18 bits per heavy atom. The maximum absolute atomic E-state index is 10.3. The topological polar surface area (TPSA) is 124 Å². The largest absolute Gasteiger partial charge is 0.481 e. The highest BCUT2D eigenvalue weighted by Gasteiger charge is 2.25. The number of hydrogen-bond acceptors (Lipinski definition) is 6. The van der Waals surface area contributed by atoms with Crippen molar-refractivity contribution in [2.24, 2.45) is 5.41 Å². The molecule has 0 radical (unpaired) electrons. The normalized spacial score (nSPS) is 10.2. The molecule has 0 rings (SSSR count). The Balaban J connectivity index is 0. The molecule has 0 aromatic carbocycles. The van der Waals surface area contributed by atoms with E-state index in [1.807, 2.05) is 0 Å². The number of ether oxygens (including phenoxy) is 1. The first-order valence-electron chi connectivity index (χ1n) is 5.03. The second-order valence-electron chi connectivity index (χ2n) is 3.82. The molecule has 0 saturated heterocycles. The number of carbonyl (C=O) groups excluding carboxylic acids is 1. The summed E-state index contributed by atoms with van der Waals surface area (Å²) in [6.45, 7) is 2.01. The van der Waals surface area contributed by atoms with Crippen molar-refractivity contribution >= 4 is 11.9 Å². The van der Waals surface area contributed by atoms with Crippen molar-refractivity contribution < 1.29 is 34.8 Å². The Morgan fingerprint density at radius 3 is 1.94 bits per heavy atom. The maximum atomic E-state index is 10.3. The van der Waals surface area contributed by atoms with Crippen LogP contribution in [0.25, 0.3) is 0 Å². The lowest BCUT2D eigenvalue weighted by atomic mass is 9.96. The number of aliphatic hydroxyl groups is 3. The van der Waals surface area contributed by atoms with Gasteiger partial charge in [0.2, 0.25) is 0 Å². The molecule has 0 atom stereocenters. The molecule has 0 aliphatic rings. The summed E-state index contributed by atoms with van der Waals surface area (Å²) in [6.07, 6.45) is 0.551. The fraction of sp³-hybridized carbons (Fsp3) is 0.800. The Bertz CT molecular complexity index is 225. The number of hydrogen-bond donors (Lipinski definition) is 4. The van der Waals surface area contributed by atoms with Crippen LogP contribution in [0.4, 0.5) is 0 Å². The Morgan fingerprint density at radius 2 is 1.71 bits per heavy atom. The third kappa shape index (κ3) is 11.1. The minimum absolute atomic E-state index is 0.0273. The van der Waals surface area contributed by atoms with Crippen LogP contribution in [0.2, 0.25) is 0 Å². The van der Waals surface area contributed by atoms with Crippen molar-refractivity contribution in [3.8, 4) is 0 Å². The molecule has 0 heterocycles. The predicted molar refractivity (Wildman–Crippen MR) is 58.0 cm³/mol. The van der Waals surface area contributed by atoms with E-state index in [0.717, 1.165) is 0 Å². The van der Waals surface area contributed by atoms with E-state index in [1.54, 1.807) is 0 Å². The summed E-state index contributed by atoms with van der Waals surface area (Å²) in [5.74, 6) is -1.45. The zero-order chi connectivity index (χ0) is 13.9. The van der Waals surface area contributed by atoms with E-state index < -0.39 is 24.1 Å². The Kier molecular flexibility index (Phi) is 10.7. The first-order valence-corrected chi connectivity index (χ1v) is 5.03. The number of carboxylic acids is 1. The van der Waals surface area contributed by atoms with E-state index >= 15 is 0 Å². The molecule has 0 aromatic rings. The lowest BCUT2D eigenvalue weighted by molar-refractivity contribution is -0.152. The van der Waals surface area contributed by atoms with E-state index in [1.165, 1.54) is 13.8 Å². The standard InChI is InChI=1S/C5H10O4.C5H10O3/c6-3-1-2-5(8)9-4-7;1-5(2,3-6)4(7)8/h6-7H,1-4H2;6H,3H2,1-2H3,(H,7,8). The van der Waals surface area contributed by atoms with Crippen molar-refractivity contribution in [3.63, 3.8) is 0 Å². The summed E-state index contributed by atoms with van der Waals surface area (Å²) in [7, 11) is 0. The van der Waals surface area contributed by atoms with Gasteiger partial charge in [-0.3, -0.25) is 9.59 Å². The van der Waals surface area contributed by atoms with Gasteiger partial charge in [0.1, 0.15) is 0 Å². The molecule has 0 aliphatic carbocycles. The first kappa shape index (κ1) is 18.2. The molecule has 17 heavy (non-hydrogen) atoms. The van der Waals surface area contributed by atoms with Gasteiger partial charge < -0.3 is 25.2 Å². The Hall–Kier alpha value is -1.18. The van der Waals surface area contributed by atoms with Gasteiger partial charge in [0.25, 0.3) is 0 Å². The molecule has 0 amide bonds. The molecular formula is C10H20O7. The lowest BCUT2D eigenvalue weighted by Crippen LogP contribution is -2.27. The summed E-state index contributed by atoms with van der Waals surface area (Å²) in [6, 6.07) is 0. The lowest BCUT2D eigenvalue weighted by Gasteiger charge is -2.13. The van der Waals surface area contributed by atoms with Crippen molar-refractivity contribution in [3.05, 3.63) is 0 Å². The molecule has 0 aliphatic heterocycles. The summed E-state index contributed by atoms with van der Waals surface area (Å²) in [4.78, 5) is 20.4. The van der Waals surface area contributed by atoms with Crippen molar-refractivity contribution in [2.45, 2.75) is 26.7 Å². The van der Waals surface area contributed by atoms with Crippen LogP contribution in [0.15, 0.2) is 0 Å². The van der Waals surface area contributed by atoms with E-state index in [0.29, 0.717) is 6.42 Å². The molecule has 0 spiro atoms. The fourth-order valence-corrected chi connectivity index (χ4v) is 0.435. The summed E-state index contributed by atoms with van der Waals surface area (Å²) in [5.41, 5.74) is -0.986. The van der Waals surface area contributed by atoms with Crippen LogP contribution < -0.4 is 0 Å². The van der Waals surface area contributed by atoms with Gasteiger partial charge in [-0.1, -0.05) is 0 Å². The monoisotopic (exact) mass is 252 g/mol. The van der Waals surface area contributed by atoms with Crippen LogP contribution in [0.1, 0.15) is 26.7 Å². The van der Waals surface area contributed by atoms with Gasteiger partial charge in [0.15, 0.2) is 6.79 Å². The van der Waals surface area contributed by atoms with Crippen LogP contribution in [0, 0.1) is 5.41 Å². The average molecular weight is 252 g/mol. The van der Waals surface area contributed by atoms with Gasteiger partial charge >= 0.3 is 11.9 Å². The van der Waals surface area contributed by atoms with Crippen LogP contribution >= 0.6 is 0 Å². The van der Waals surface area contributed by atoms with E-state index in [2.05, 4.69) is 4.74 Å². The fourth-order valence-electron chi connectivity index (χ4n) is 0.435. The van der Waals surface area contributed by atoms with Gasteiger partial charge in [-0.15, -0.1) is 0 Å². The number of carbonyl (C=O) groups is 2. The SMILES string of the molecule is CC(C)(CO)C(=O)O.O=C(CCCO)OCO. The first-order chi connectivity index (χ1) is 7.81. The second kappa shape index (κ2) is 10.0.